The van der Waals surface area contributed by atoms with E-state index in [9.17, 15) is 5.11 Å². The molecule has 0 spiro atoms. The average molecular weight is 251 g/mol. The van der Waals surface area contributed by atoms with E-state index in [0.717, 1.165) is 17.9 Å². The molecule has 18 heavy (non-hydrogen) atoms. The third kappa shape index (κ3) is 5.07. The molecule has 0 aliphatic rings. The Labute approximate surface area is 110 Å². The lowest BCUT2D eigenvalue weighted by Crippen LogP contribution is -2.22. The first-order valence-corrected chi connectivity index (χ1v) is 6.63. The van der Waals surface area contributed by atoms with E-state index in [1.54, 1.807) is 6.92 Å². The van der Waals surface area contributed by atoms with Crippen LogP contribution < -0.4 is 10.1 Å². The molecular formula is C15H25NO2. The Kier molecular flexibility index (Phi) is 6.16. The van der Waals surface area contributed by atoms with E-state index in [4.69, 9.17) is 4.74 Å². The maximum absolute atomic E-state index is 9.25. The predicted molar refractivity (Wildman–Crippen MR) is 74.9 cm³/mol. The van der Waals surface area contributed by atoms with Crippen molar-refractivity contribution in [2.45, 2.75) is 52.8 Å². The zero-order chi connectivity index (χ0) is 13.5. The molecule has 1 aromatic carbocycles. The average Bonchev–Trinajstić information content (AvgIpc) is 2.28. The number of benzene rings is 1. The first-order chi connectivity index (χ1) is 8.50. The Morgan fingerprint density at radius 2 is 2.00 bits per heavy atom. The lowest BCUT2D eigenvalue weighted by Gasteiger charge is -2.16. The molecule has 1 rings (SSSR count). The van der Waals surface area contributed by atoms with Gasteiger partial charge in [0.1, 0.15) is 5.75 Å². The third-order valence-corrected chi connectivity index (χ3v) is 2.78. The summed E-state index contributed by atoms with van der Waals surface area (Å²) in [5, 5.41) is 12.7. The zero-order valence-corrected chi connectivity index (χ0v) is 11.9. The van der Waals surface area contributed by atoms with E-state index in [0.29, 0.717) is 19.1 Å². The molecule has 1 unspecified atom stereocenters. The van der Waals surface area contributed by atoms with Crippen molar-refractivity contribution in [2.75, 3.05) is 6.61 Å². The number of aliphatic hydroxyl groups excluding tert-OH is 1. The van der Waals surface area contributed by atoms with Crippen LogP contribution in [0.1, 0.15) is 38.3 Å². The summed E-state index contributed by atoms with van der Waals surface area (Å²) in [5.74, 6) is 0.950. The SMILES string of the molecule is Cc1cccc(CNC(C)C)c1OCCC(C)O. The fourth-order valence-corrected chi connectivity index (χ4v) is 1.70. The van der Waals surface area contributed by atoms with Crippen LogP contribution >= 0.6 is 0 Å². The highest BCUT2D eigenvalue weighted by Crippen LogP contribution is 2.23. The molecular weight excluding hydrogens is 226 g/mol. The second kappa shape index (κ2) is 7.39. The molecule has 0 aliphatic heterocycles. The van der Waals surface area contributed by atoms with Gasteiger partial charge < -0.3 is 15.2 Å². The van der Waals surface area contributed by atoms with Crippen molar-refractivity contribution < 1.29 is 9.84 Å². The topological polar surface area (TPSA) is 41.5 Å². The molecule has 1 atom stereocenters. The molecule has 3 nitrogen and oxygen atoms in total. The summed E-state index contributed by atoms with van der Waals surface area (Å²) < 4.78 is 5.81. The molecule has 0 saturated carbocycles. The van der Waals surface area contributed by atoms with Crippen molar-refractivity contribution in [2.24, 2.45) is 0 Å². The van der Waals surface area contributed by atoms with Crippen LogP contribution in [0.2, 0.25) is 0 Å². The highest BCUT2D eigenvalue weighted by molar-refractivity contribution is 5.40. The molecule has 102 valence electrons. The minimum Gasteiger partial charge on any atom is -0.493 e. The zero-order valence-electron chi connectivity index (χ0n) is 11.9. The molecule has 3 heteroatoms. The lowest BCUT2D eigenvalue weighted by molar-refractivity contribution is 0.155. The molecule has 0 aromatic heterocycles. The highest BCUT2D eigenvalue weighted by atomic mass is 16.5. The van der Waals surface area contributed by atoms with Gasteiger partial charge in [0.05, 0.1) is 12.7 Å². The second-order valence-corrected chi connectivity index (χ2v) is 5.08. The maximum atomic E-state index is 9.25. The fraction of sp³-hybridized carbons (Fsp3) is 0.600. The number of aliphatic hydroxyl groups is 1. The van der Waals surface area contributed by atoms with Gasteiger partial charge in [-0.05, 0) is 19.4 Å². The van der Waals surface area contributed by atoms with E-state index < -0.39 is 0 Å². The summed E-state index contributed by atoms with van der Waals surface area (Å²) in [5.41, 5.74) is 2.32. The highest BCUT2D eigenvalue weighted by Gasteiger charge is 2.08. The lowest BCUT2D eigenvalue weighted by atomic mass is 10.1. The van der Waals surface area contributed by atoms with E-state index in [1.807, 2.05) is 6.07 Å². The van der Waals surface area contributed by atoms with Crippen LogP contribution in [0.25, 0.3) is 0 Å². The Morgan fingerprint density at radius 3 is 2.61 bits per heavy atom. The minimum atomic E-state index is -0.314. The number of hydrogen-bond donors (Lipinski definition) is 2. The van der Waals surface area contributed by atoms with Gasteiger partial charge in [0.25, 0.3) is 0 Å². The van der Waals surface area contributed by atoms with Crippen molar-refractivity contribution in [1.82, 2.24) is 5.32 Å². The van der Waals surface area contributed by atoms with Gasteiger partial charge in [-0.25, -0.2) is 0 Å². The summed E-state index contributed by atoms with van der Waals surface area (Å²) in [4.78, 5) is 0. The van der Waals surface area contributed by atoms with Gasteiger partial charge in [-0.1, -0.05) is 32.0 Å². The number of aryl methyl sites for hydroxylation is 1. The minimum absolute atomic E-state index is 0.314. The smallest absolute Gasteiger partial charge is 0.126 e. The van der Waals surface area contributed by atoms with Crippen molar-refractivity contribution in [3.8, 4) is 5.75 Å². The molecule has 0 radical (unpaired) electrons. The summed E-state index contributed by atoms with van der Waals surface area (Å²) in [6.45, 7) is 9.45. The third-order valence-electron chi connectivity index (χ3n) is 2.78. The molecule has 0 saturated heterocycles. The summed E-state index contributed by atoms with van der Waals surface area (Å²) in [6.07, 6.45) is 0.344. The molecule has 0 aliphatic carbocycles. The largest absolute Gasteiger partial charge is 0.493 e. The Balaban J connectivity index is 2.67. The Hall–Kier alpha value is -1.06. The quantitative estimate of drug-likeness (QED) is 0.783. The number of para-hydroxylation sites is 1. The Morgan fingerprint density at radius 1 is 1.28 bits per heavy atom. The van der Waals surface area contributed by atoms with Crippen LogP contribution in [0.4, 0.5) is 0 Å². The molecule has 1 aromatic rings. The van der Waals surface area contributed by atoms with Crippen LogP contribution in [-0.2, 0) is 6.54 Å². The molecule has 0 bridgehead atoms. The van der Waals surface area contributed by atoms with Crippen LogP contribution in [0.15, 0.2) is 18.2 Å². The second-order valence-electron chi connectivity index (χ2n) is 5.08. The van der Waals surface area contributed by atoms with E-state index >= 15 is 0 Å². The standard InChI is InChI=1S/C15H25NO2/c1-11(2)16-10-14-7-5-6-12(3)15(14)18-9-8-13(4)17/h5-7,11,13,16-17H,8-10H2,1-4H3. The van der Waals surface area contributed by atoms with Gasteiger partial charge in [0.15, 0.2) is 0 Å². The summed E-state index contributed by atoms with van der Waals surface area (Å²) in [6, 6.07) is 6.64. The normalized spacial score (nSPS) is 12.8. The van der Waals surface area contributed by atoms with Crippen molar-refractivity contribution >= 4 is 0 Å². The summed E-state index contributed by atoms with van der Waals surface area (Å²) >= 11 is 0. The van der Waals surface area contributed by atoms with Gasteiger partial charge in [-0.15, -0.1) is 0 Å². The van der Waals surface area contributed by atoms with Crippen molar-refractivity contribution in [1.29, 1.82) is 0 Å². The van der Waals surface area contributed by atoms with E-state index in [2.05, 4.69) is 38.2 Å². The number of nitrogens with one attached hydrogen (secondary N) is 1. The maximum Gasteiger partial charge on any atom is 0.126 e. The molecule has 2 N–H and O–H groups in total. The Bertz CT molecular complexity index is 362. The van der Waals surface area contributed by atoms with Gasteiger partial charge in [-0.2, -0.15) is 0 Å². The van der Waals surface area contributed by atoms with Gasteiger partial charge in [0.2, 0.25) is 0 Å². The van der Waals surface area contributed by atoms with Gasteiger partial charge in [0, 0.05) is 24.6 Å². The van der Waals surface area contributed by atoms with E-state index in [1.165, 1.54) is 5.56 Å². The van der Waals surface area contributed by atoms with Crippen LogP contribution in [0, 0.1) is 6.92 Å². The number of ether oxygens (including phenoxy) is 1. The van der Waals surface area contributed by atoms with Gasteiger partial charge >= 0.3 is 0 Å². The summed E-state index contributed by atoms with van der Waals surface area (Å²) in [7, 11) is 0. The van der Waals surface area contributed by atoms with Crippen molar-refractivity contribution in [3.63, 3.8) is 0 Å². The van der Waals surface area contributed by atoms with Crippen LogP contribution in [-0.4, -0.2) is 23.9 Å². The number of hydrogen-bond acceptors (Lipinski definition) is 3. The monoisotopic (exact) mass is 251 g/mol. The molecule has 0 heterocycles. The van der Waals surface area contributed by atoms with Gasteiger partial charge in [-0.3, -0.25) is 0 Å². The molecule has 0 amide bonds. The molecule has 0 fully saturated rings. The fourth-order valence-electron chi connectivity index (χ4n) is 1.70. The van der Waals surface area contributed by atoms with Crippen molar-refractivity contribution in [3.05, 3.63) is 29.3 Å². The van der Waals surface area contributed by atoms with Crippen LogP contribution in [0.5, 0.6) is 5.75 Å². The van der Waals surface area contributed by atoms with E-state index in [-0.39, 0.29) is 6.10 Å². The number of rotatable bonds is 7. The van der Waals surface area contributed by atoms with Crippen LogP contribution in [0.3, 0.4) is 0 Å². The first kappa shape index (κ1) is 15.0. The predicted octanol–water partition coefficient (Wildman–Crippen LogP) is 2.64. The first-order valence-electron chi connectivity index (χ1n) is 6.63.